The minimum atomic E-state index is -2.59. The van der Waals surface area contributed by atoms with Crippen LogP contribution in [0, 0.1) is 0 Å². The molecule has 3 nitrogen and oxygen atoms in total. The number of rotatable bonds is 6. The lowest BCUT2D eigenvalue weighted by atomic mass is 10.4. The molecule has 1 N–H and O–H groups in total. The van der Waals surface area contributed by atoms with Crippen molar-refractivity contribution < 1.29 is 21.9 Å². The van der Waals surface area contributed by atoms with Crippen LogP contribution in [0.5, 0.6) is 0 Å². The number of halogens is 3. The first-order chi connectivity index (χ1) is 14.1. The number of hydrogen-bond acceptors (Lipinski definition) is 2. The molecule has 3 aromatic rings. The smallest absolute Gasteiger partial charge is 0.414 e. The van der Waals surface area contributed by atoms with Crippen LogP contribution in [0.1, 0.15) is 6.92 Å². The molecule has 0 spiro atoms. The van der Waals surface area contributed by atoms with E-state index in [2.05, 4.69) is 5.32 Å². The lowest BCUT2D eigenvalue weighted by Gasteiger charge is -2.29. The fourth-order valence-corrected chi connectivity index (χ4v) is 8.21. The van der Waals surface area contributed by atoms with Crippen LogP contribution in [0.4, 0.5) is 4.79 Å². The molecule has 3 aromatic carbocycles. The van der Waals surface area contributed by atoms with E-state index in [1.54, 1.807) is 6.92 Å². The Bertz CT molecular complexity index is 882. The van der Waals surface area contributed by atoms with E-state index < -0.39 is 13.4 Å². The Balaban J connectivity index is 0.00000320. The first-order valence-electron chi connectivity index (χ1n) is 9.16. The van der Waals surface area contributed by atoms with Crippen LogP contribution < -0.4 is 33.6 Å². The average molecular weight is 481 g/mol. The molecule has 30 heavy (non-hydrogen) atoms. The highest BCUT2D eigenvalue weighted by molar-refractivity contribution is 7.99. The Hall–Kier alpha value is -2.03. The van der Waals surface area contributed by atoms with Gasteiger partial charge < -0.3 is 17.1 Å². The van der Waals surface area contributed by atoms with Crippen LogP contribution in [0.15, 0.2) is 101 Å². The summed E-state index contributed by atoms with van der Waals surface area (Å²) in [4.78, 5) is 12.4. The van der Waals surface area contributed by atoms with Crippen molar-refractivity contribution in [2.45, 2.75) is 6.92 Å². The molecule has 0 radical (unpaired) electrons. The van der Waals surface area contributed by atoms with Crippen LogP contribution in [0.25, 0.3) is 0 Å². The monoisotopic (exact) mass is 479 g/mol. The van der Waals surface area contributed by atoms with Gasteiger partial charge in [-0.1, -0.05) is 77.8 Å². The lowest BCUT2D eigenvalue weighted by Crippen LogP contribution is -3.00. The molecule has 0 aliphatic heterocycles. The van der Waals surface area contributed by atoms with Gasteiger partial charge in [0.15, 0.2) is 11.8 Å². The van der Waals surface area contributed by atoms with Crippen LogP contribution >= 0.6 is 30.5 Å². The van der Waals surface area contributed by atoms with E-state index in [1.165, 1.54) is 0 Å². The maximum atomic E-state index is 12.4. The Morgan fingerprint density at radius 3 is 1.47 bits per heavy atom. The molecular formula is C23H21Cl3NO2P. The third-order valence-electron chi connectivity index (χ3n) is 4.44. The van der Waals surface area contributed by atoms with Crippen LogP contribution in [0.3, 0.4) is 0 Å². The Kier molecular flexibility index (Phi) is 9.20. The highest BCUT2D eigenvalue weighted by Gasteiger charge is 2.52. The molecule has 0 aliphatic carbocycles. The van der Waals surface area contributed by atoms with E-state index >= 15 is 0 Å². The predicted molar refractivity (Wildman–Crippen MR) is 124 cm³/mol. The van der Waals surface area contributed by atoms with Crippen LogP contribution in [0.2, 0.25) is 0 Å². The van der Waals surface area contributed by atoms with Gasteiger partial charge in [0.1, 0.15) is 15.9 Å². The molecule has 1 amide bonds. The number of nitrogens with one attached hydrogen (secondary N) is 1. The van der Waals surface area contributed by atoms with E-state index in [1.807, 2.05) is 91.0 Å². The zero-order chi connectivity index (χ0) is 20.7. The Morgan fingerprint density at radius 2 is 1.17 bits per heavy atom. The normalized spacial score (nSPS) is 10.5. The second kappa shape index (κ2) is 11.4. The summed E-state index contributed by atoms with van der Waals surface area (Å²) in [7, 11) is -2.59. The molecule has 3 rings (SSSR count). The van der Waals surface area contributed by atoms with Crippen molar-refractivity contribution in [2.75, 3.05) is 6.61 Å². The van der Waals surface area contributed by atoms with E-state index in [4.69, 9.17) is 27.9 Å². The molecule has 7 heteroatoms. The number of amides is 1. The number of ether oxygens (including phenoxy) is 1. The van der Waals surface area contributed by atoms with Crippen molar-refractivity contribution >= 4 is 52.5 Å². The average Bonchev–Trinajstić information content (AvgIpc) is 2.76. The van der Waals surface area contributed by atoms with E-state index in [0.717, 1.165) is 15.9 Å². The molecule has 156 valence electrons. The fraction of sp³-hybridized carbons (Fsp3) is 0.0870. The summed E-state index contributed by atoms with van der Waals surface area (Å²) in [5, 5.41) is 5.91. The maximum Gasteiger partial charge on any atom is 0.414 e. The molecule has 0 saturated heterocycles. The highest BCUT2D eigenvalue weighted by Crippen LogP contribution is 2.62. The number of carbonyl (C=O) groups excluding carboxylic acids is 1. The third-order valence-corrected chi connectivity index (χ3v) is 9.31. The second-order valence-electron chi connectivity index (χ2n) is 6.13. The first-order valence-corrected chi connectivity index (χ1v) is 11.7. The highest BCUT2D eigenvalue weighted by atomic mass is 35.5. The third kappa shape index (κ3) is 4.99. The van der Waals surface area contributed by atoms with Gasteiger partial charge in [-0.3, -0.25) is 5.32 Å². The summed E-state index contributed by atoms with van der Waals surface area (Å²) in [6.07, 6.45) is -0.589. The molecule has 0 atom stereocenters. The van der Waals surface area contributed by atoms with Crippen molar-refractivity contribution in [3.8, 4) is 0 Å². The topological polar surface area (TPSA) is 38.3 Å². The minimum absolute atomic E-state index is 0. The van der Waals surface area contributed by atoms with Gasteiger partial charge in [-0.05, 0) is 43.3 Å². The Morgan fingerprint density at radius 1 is 0.800 bits per heavy atom. The van der Waals surface area contributed by atoms with Gasteiger partial charge in [0, 0.05) is 0 Å². The van der Waals surface area contributed by atoms with Gasteiger partial charge in [-0.25, -0.2) is 4.79 Å². The largest absolute Gasteiger partial charge is 1.00 e. The number of carbonyl (C=O) groups is 1. The predicted octanol–water partition coefficient (Wildman–Crippen LogP) is 2.33. The van der Waals surface area contributed by atoms with Crippen molar-refractivity contribution in [2.24, 2.45) is 0 Å². The quantitative estimate of drug-likeness (QED) is 0.550. The first kappa shape index (κ1) is 24.2. The van der Waals surface area contributed by atoms with Gasteiger partial charge in [0.25, 0.3) is 0 Å². The summed E-state index contributed by atoms with van der Waals surface area (Å²) in [6, 6.07) is 29.9. The van der Waals surface area contributed by atoms with Crippen molar-refractivity contribution in [3.63, 3.8) is 0 Å². The van der Waals surface area contributed by atoms with Crippen molar-refractivity contribution in [1.82, 2.24) is 5.32 Å². The molecule has 0 aromatic heterocycles. The number of alkyl carbamates (subject to hydrolysis) is 1. The molecule has 0 aliphatic rings. The number of benzene rings is 3. The summed E-state index contributed by atoms with van der Waals surface area (Å²) in [6.45, 7) is 1.99. The molecule has 0 unspecified atom stereocenters. The minimum Gasteiger partial charge on any atom is -1.00 e. The zero-order valence-electron chi connectivity index (χ0n) is 16.3. The summed E-state index contributed by atoms with van der Waals surface area (Å²) < 4.78 is 5.14. The molecular weight excluding hydrogens is 460 g/mol. The molecule has 0 heterocycles. The van der Waals surface area contributed by atoms with E-state index in [9.17, 15) is 4.79 Å². The van der Waals surface area contributed by atoms with Gasteiger partial charge in [-0.15, -0.1) is 0 Å². The Labute approximate surface area is 193 Å². The molecule has 0 saturated carbocycles. The molecule has 0 bridgehead atoms. The second-order valence-corrected chi connectivity index (χ2v) is 10.4. The van der Waals surface area contributed by atoms with Gasteiger partial charge in [0.05, 0.1) is 6.61 Å². The van der Waals surface area contributed by atoms with Crippen LogP contribution in [-0.2, 0) is 4.74 Å². The van der Waals surface area contributed by atoms with E-state index in [0.29, 0.717) is 5.44 Å². The van der Waals surface area contributed by atoms with Gasteiger partial charge in [0.2, 0.25) is 5.44 Å². The van der Waals surface area contributed by atoms with E-state index in [-0.39, 0.29) is 23.5 Å². The van der Waals surface area contributed by atoms with Gasteiger partial charge >= 0.3 is 6.09 Å². The maximum absolute atomic E-state index is 12.4. The lowest BCUT2D eigenvalue weighted by molar-refractivity contribution is -0.0000117. The number of hydrogen-bond donors (Lipinski definition) is 1. The standard InChI is InChI=1S/C23H20Cl2NO2P.ClH/c1-2-28-23(27)26-22(21(24)25)29(18-12-6-3-7-13-18,19-14-8-4-9-15-19)20-16-10-5-11-17-20;/h3-17H,2H2,1H3;1H. The summed E-state index contributed by atoms with van der Waals surface area (Å²) in [5.74, 6) is 0. The van der Waals surface area contributed by atoms with Crippen LogP contribution in [-0.4, -0.2) is 12.7 Å². The SMILES string of the molecule is CCOC(=O)NC(=C(Cl)Cl)[P+](c1ccccc1)(c1ccccc1)c1ccccc1.[Cl-]. The van der Waals surface area contributed by atoms with Crippen molar-refractivity contribution in [3.05, 3.63) is 101 Å². The van der Waals surface area contributed by atoms with Gasteiger partial charge in [-0.2, -0.15) is 0 Å². The van der Waals surface area contributed by atoms with Crippen molar-refractivity contribution in [1.29, 1.82) is 0 Å². The summed E-state index contributed by atoms with van der Waals surface area (Å²) >= 11 is 12.8. The molecule has 0 fully saturated rings. The fourth-order valence-electron chi connectivity index (χ4n) is 3.31. The summed E-state index contributed by atoms with van der Waals surface area (Å²) in [5.41, 5.74) is 0.447. The zero-order valence-corrected chi connectivity index (χ0v) is 19.4.